The molecule has 0 atom stereocenters. The maximum atomic E-state index is 5.52. The Morgan fingerprint density at radius 3 is 3.00 bits per heavy atom. The third kappa shape index (κ3) is 4.57. The van der Waals surface area contributed by atoms with Gasteiger partial charge >= 0.3 is 0 Å². The molecule has 92 valence electrons. The van der Waals surface area contributed by atoms with E-state index in [4.69, 9.17) is 4.74 Å². The van der Waals surface area contributed by atoms with E-state index in [0.29, 0.717) is 12.5 Å². The van der Waals surface area contributed by atoms with Crippen LogP contribution in [0.5, 0.6) is 5.88 Å². The van der Waals surface area contributed by atoms with Crippen LogP contribution in [0.4, 0.5) is 0 Å². The number of rotatable bonds is 8. The van der Waals surface area contributed by atoms with Crippen molar-refractivity contribution in [1.29, 1.82) is 0 Å². The van der Waals surface area contributed by atoms with Crippen LogP contribution < -0.4 is 10.1 Å². The van der Waals surface area contributed by atoms with Crippen molar-refractivity contribution in [3.05, 3.63) is 36.5 Å². The quantitative estimate of drug-likeness (QED) is 0.552. The number of nitrogens with zero attached hydrogens (tertiary/aromatic N) is 1. The second-order valence-corrected chi connectivity index (χ2v) is 4.44. The number of hydrogen-bond acceptors (Lipinski definition) is 3. The molecule has 0 aromatic carbocycles. The summed E-state index contributed by atoms with van der Waals surface area (Å²) in [4.78, 5) is 4.29. The fraction of sp³-hybridized carbons (Fsp3) is 0.500. The molecule has 1 aromatic rings. The molecule has 1 aromatic heterocycles. The highest BCUT2D eigenvalue weighted by molar-refractivity contribution is 5.17. The van der Waals surface area contributed by atoms with Crippen molar-refractivity contribution < 1.29 is 4.74 Å². The lowest BCUT2D eigenvalue weighted by atomic mass is 10.3. The van der Waals surface area contributed by atoms with Gasteiger partial charge in [-0.05, 0) is 31.2 Å². The van der Waals surface area contributed by atoms with E-state index in [1.807, 2.05) is 18.3 Å². The average Bonchev–Trinajstić information content (AvgIpc) is 3.18. The first-order valence-electron chi connectivity index (χ1n) is 6.30. The molecule has 0 unspecified atom stereocenters. The van der Waals surface area contributed by atoms with Crippen LogP contribution >= 0.6 is 0 Å². The molecule has 2 rings (SSSR count). The minimum absolute atomic E-state index is 0.707. The van der Waals surface area contributed by atoms with E-state index in [-0.39, 0.29) is 0 Å². The van der Waals surface area contributed by atoms with Gasteiger partial charge in [0.05, 0.1) is 6.61 Å². The number of hydrogen-bond donors (Lipinski definition) is 1. The predicted octanol–water partition coefficient (Wildman–Crippen LogP) is 2.68. The van der Waals surface area contributed by atoms with Crippen LogP contribution in [0.1, 0.15) is 31.2 Å². The van der Waals surface area contributed by atoms with Crippen molar-refractivity contribution in [2.24, 2.45) is 0 Å². The number of allylic oxidation sites excluding steroid dienone is 1. The van der Waals surface area contributed by atoms with Crippen molar-refractivity contribution in [3.63, 3.8) is 0 Å². The Kier molecular flexibility index (Phi) is 4.56. The maximum absolute atomic E-state index is 5.52. The molecular weight excluding hydrogens is 212 g/mol. The Morgan fingerprint density at radius 1 is 1.47 bits per heavy atom. The van der Waals surface area contributed by atoms with Gasteiger partial charge in [0.1, 0.15) is 0 Å². The van der Waals surface area contributed by atoms with E-state index in [0.717, 1.165) is 25.4 Å². The monoisotopic (exact) mass is 232 g/mol. The molecule has 0 amide bonds. The largest absolute Gasteiger partial charge is 0.478 e. The highest BCUT2D eigenvalue weighted by Gasteiger charge is 2.19. The van der Waals surface area contributed by atoms with Crippen molar-refractivity contribution in [2.45, 2.75) is 38.3 Å². The molecule has 1 fully saturated rings. The summed E-state index contributed by atoms with van der Waals surface area (Å²) < 4.78 is 5.52. The lowest BCUT2D eigenvalue weighted by molar-refractivity contribution is 0.300. The van der Waals surface area contributed by atoms with Gasteiger partial charge in [-0.3, -0.25) is 0 Å². The second-order valence-electron chi connectivity index (χ2n) is 4.44. The number of aromatic nitrogens is 1. The van der Waals surface area contributed by atoms with E-state index in [9.17, 15) is 0 Å². The molecule has 3 heteroatoms. The summed E-state index contributed by atoms with van der Waals surface area (Å²) in [5, 5.41) is 3.46. The normalized spacial score (nSPS) is 14.6. The number of nitrogens with one attached hydrogen (secondary N) is 1. The number of unbranched alkanes of at least 4 members (excludes halogenated alkanes) is 1. The molecule has 0 aliphatic heterocycles. The Balaban J connectivity index is 1.70. The lowest BCUT2D eigenvalue weighted by Gasteiger charge is -2.06. The molecule has 0 radical (unpaired) electrons. The minimum Gasteiger partial charge on any atom is -0.478 e. The molecule has 3 nitrogen and oxygen atoms in total. The van der Waals surface area contributed by atoms with Crippen LogP contribution in [0.2, 0.25) is 0 Å². The molecule has 1 saturated carbocycles. The predicted molar refractivity (Wildman–Crippen MR) is 69.0 cm³/mol. The minimum atomic E-state index is 0.707. The Hall–Kier alpha value is -1.35. The molecular formula is C14H20N2O. The second kappa shape index (κ2) is 6.40. The molecule has 17 heavy (non-hydrogen) atoms. The Bertz CT molecular complexity index is 344. The summed E-state index contributed by atoms with van der Waals surface area (Å²) >= 11 is 0. The molecule has 1 N–H and O–H groups in total. The zero-order chi connectivity index (χ0) is 11.9. The Morgan fingerprint density at radius 2 is 2.35 bits per heavy atom. The Labute approximate surface area is 103 Å². The third-order valence-electron chi connectivity index (χ3n) is 2.77. The van der Waals surface area contributed by atoms with Gasteiger partial charge in [-0.25, -0.2) is 4.98 Å². The van der Waals surface area contributed by atoms with Crippen LogP contribution in [-0.2, 0) is 6.54 Å². The molecule has 1 aliphatic carbocycles. The maximum Gasteiger partial charge on any atom is 0.213 e. The SMILES string of the molecule is C=CCCCOc1ccc(CNC2CC2)cn1. The van der Waals surface area contributed by atoms with Crippen LogP contribution in [0.25, 0.3) is 0 Å². The van der Waals surface area contributed by atoms with Crippen LogP contribution in [0, 0.1) is 0 Å². The van der Waals surface area contributed by atoms with Gasteiger partial charge in [0.15, 0.2) is 0 Å². The zero-order valence-corrected chi connectivity index (χ0v) is 10.2. The van der Waals surface area contributed by atoms with E-state index in [1.54, 1.807) is 0 Å². The molecule has 1 heterocycles. The summed E-state index contributed by atoms with van der Waals surface area (Å²) in [6, 6.07) is 4.76. The molecule has 1 aliphatic rings. The van der Waals surface area contributed by atoms with Crippen molar-refractivity contribution in [3.8, 4) is 5.88 Å². The molecule has 0 spiro atoms. The summed E-state index contributed by atoms with van der Waals surface area (Å²) in [5.41, 5.74) is 1.22. The van der Waals surface area contributed by atoms with Crippen molar-refractivity contribution in [1.82, 2.24) is 10.3 Å². The summed E-state index contributed by atoms with van der Waals surface area (Å²) in [5.74, 6) is 0.712. The first-order chi connectivity index (χ1) is 8.38. The van der Waals surface area contributed by atoms with E-state index >= 15 is 0 Å². The fourth-order valence-electron chi connectivity index (χ4n) is 1.55. The van der Waals surface area contributed by atoms with E-state index < -0.39 is 0 Å². The van der Waals surface area contributed by atoms with E-state index in [2.05, 4.69) is 22.9 Å². The summed E-state index contributed by atoms with van der Waals surface area (Å²) in [6.07, 6.45) is 8.41. The fourth-order valence-corrected chi connectivity index (χ4v) is 1.55. The van der Waals surface area contributed by atoms with Gasteiger partial charge < -0.3 is 10.1 Å². The lowest BCUT2D eigenvalue weighted by Crippen LogP contribution is -2.15. The number of ether oxygens (including phenoxy) is 1. The van der Waals surface area contributed by atoms with Gasteiger partial charge in [-0.1, -0.05) is 12.1 Å². The summed E-state index contributed by atoms with van der Waals surface area (Å²) in [6.45, 7) is 5.30. The van der Waals surface area contributed by atoms with Crippen LogP contribution in [-0.4, -0.2) is 17.6 Å². The third-order valence-corrected chi connectivity index (χ3v) is 2.77. The first-order valence-corrected chi connectivity index (χ1v) is 6.30. The molecule has 0 saturated heterocycles. The van der Waals surface area contributed by atoms with Gasteiger partial charge in [0, 0.05) is 24.8 Å². The van der Waals surface area contributed by atoms with Crippen LogP contribution in [0.15, 0.2) is 31.0 Å². The highest BCUT2D eigenvalue weighted by atomic mass is 16.5. The zero-order valence-electron chi connectivity index (χ0n) is 10.2. The summed E-state index contributed by atoms with van der Waals surface area (Å²) in [7, 11) is 0. The van der Waals surface area contributed by atoms with Gasteiger partial charge in [0.2, 0.25) is 5.88 Å². The van der Waals surface area contributed by atoms with Gasteiger partial charge in [-0.2, -0.15) is 0 Å². The molecule has 0 bridgehead atoms. The highest BCUT2D eigenvalue weighted by Crippen LogP contribution is 2.19. The van der Waals surface area contributed by atoms with Crippen LogP contribution in [0.3, 0.4) is 0 Å². The standard InChI is InChI=1S/C14H20N2O/c1-2-3-4-9-17-14-8-5-12(11-16-14)10-15-13-6-7-13/h2,5,8,11,13,15H,1,3-4,6-7,9-10H2. The van der Waals surface area contributed by atoms with Gasteiger partial charge in [0.25, 0.3) is 0 Å². The average molecular weight is 232 g/mol. The number of pyridine rings is 1. The van der Waals surface area contributed by atoms with Crippen molar-refractivity contribution in [2.75, 3.05) is 6.61 Å². The van der Waals surface area contributed by atoms with E-state index in [1.165, 1.54) is 18.4 Å². The smallest absolute Gasteiger partial charge is 0.213 e. The topological polar surface area (TPSA) is 34.1 Å². The van der Waals surface area contributed by atoms with Crippen molar-refractivity contribution >= 4 is 0 Å². The van der Waals surface area contributed by atoms with Gasteiger partial charge in [-0.15, -0.1) is 6.58 Å². The first kappa shape index (κ1) is 12.1.